The number of allylic oxidation sites excluding steroid dienone is 2. The molecule has 0 aliphatic heterocycles. The van der Waals surface area contributed by atoms with Crippen LogP contribution < -0.4 is 0 Å². The van der Waals surface area contributed by atoms with Gasteiger partial charge < -0.3 is 4.74 Å². The maximum absolute atomic E-state index is 10.4. The van der Waals surface area contributed by atoms with Gasteiger partial charge in [-0.05, 0) is 13.0 Å². The number of hydrogen-bond donors (Lipinski definition) is 0. The first-order valence-corrected chi connectivity index (χ1v) is 4.19. The summed E-state index contributed by atoms with van der Waals surface area (Å²) in [6.45, 7) is 1.75. The van der Waals surface area contributed by atoms with Crippen LogP contribution in [0.2, 0.25) is 0 Å². The van der Waals surface area contributed by atoms with Crippen molar-refractivity contribution in [3.63, 3.8) is 0 Å². The quantitative estimate of drug-likeness (QED) is 0.488. The zero-order valence-electron chi connectivity index (χ0n) is 6.46. The second-order valence-corrected chi connectivity index (χ2v) is 3.79. The highest BCUT2D eigenvalue weighted by Gasteiger charge is 2.31. The zero-order valence-corrected chi connectivity index (χ0v) is 7.97. The molecule has 0 spiro atoms. The number of carbonyl (C=O) groups is 1. The maximum atomic E-state index is 10.4. The van der Waals surface area contributed by atoms with Crippen molar-refractivity contribution in [1.82, 2.24) is 0 Å². The summed E-state index contributed by atoms with van der Waals surface area (Å²) in [6.07, 6.45) is 6.50. The normalized spacial score (nSPS) is 33.4. The predicted octanol–water partition coefficient (Wildman–Crippen LogP) is 2.85. The minimum atomic E-state index is -0.841. The largest absolute Gasteiger partial charge is 0.444 e. The average Bonchev–Trinajstić information content (AvgIpc) is 1.92. The van der Waals surface area contributed by atoms with Crippen molar-refractivity contribution in [2.45, 2.75) is 17.9 Å². The highest BCUT2D eigenvalue weighted by Crippen LogP contribution is 2.28. The molecule has 0 saturated carbocycles. The fraction of sp³-hybridized carbons (Fsp3) is 0.375. The molecule has 0 bridgehead atoms. The zero-order chi connectivity index (χ0) is 9.19. The Morgan fingerprint density at radius 3 is 2.75 bits per heavy atom. The molecule has 1 aliphatic rings. The van der Waals surface area contributed by atoms with E-state index in [-0.39, 0.29) is 0 Å². The van der Waals surface area contributed by atoms with Crippen molar-refractivity contribution in [3.8, 4) is 0 Å². The second kappa shape index (κ2) is 3.50. The van der Waals surface area contributed by atoms with Crippen LogP contribution in [0.15, 0.2) is 24.3 Å². The Morgan fingerprint density at radius 2 is 2.25 bits per heavy atom. The van der Waals surface area contributed by atoms with Gasteiger partial charge in [-0.1, -0.05) is 18.2 Å². The van der Waals surface area contributed by atoms with Crippen molar-refractivity contribution >= 4 is 28.6 Å². The van der Waals surface area contributed by atoms with Crippen LogP contribution in [-0.2, 0) is 4.74 Å². The van der Waals surface area contributed by atoms with Crippen molar-refractivity contribution in [2.75, 3.05) is 0 Å². The van der Waals surface area contributed by atoms with E-state index >= 15 is 0 Å². The van der Waals surface area contributed by atoms with E-state index in [0.717, 1.165) is 0 Å². The summed E-state index contributed by atoms with van der Waals surface area (Å²) in [6, 6.07) is 0. The summed E-state index contributed by atoms with van der Waals surface area (Å²) in [5, 5.41) is 0. The van der Waals surface area contributed by atoms with Crippen molar-refractivity contribution in [2.24, 2.45) is 0 Å². The van der Waals surface area contributed by atoms with E-state index in [9.17, 15) is 4.79 Å². The van der Waals surface area contributed by atoms with Crippen LogP contribution in [0.25, 0.3) is 0 Å². The Labute approximate surface area is 80.8 Å². The summed E-state index contributed by atoms with van der Waals surface area (Å²) in [5.74, 6) is 0. The van der Waals surface area contributed by atoms with Gasteiger partial charge in [-0.2, -0.15) is 0 Å². The third-order valence-electron chi connectivity index (χ3n) is 1.60. The van der Waals surface area contributed by atoms with E-state index in [0.29, 0.717) is 0 Å². The summed E-state index contributed by atoms with van der Waals surface area (Å²) in [7, 11) is 0. The van der Waals surface area contributed by atoms with Crippen LogP contribution in [0.3, 0.4) is 0 Å². The number of carbonyl (C=O) groups excluding carboxylic acids is 1. The van der Waals surface area contributed by atoms with Gasteiger partial charge in [0.15, 0.2) is 0 Å². The lowest BCUT2D eigenvalue weighted by molar-refractivity contribution is 0.133. The van der Waals surface area contributed by atoms with Crippen LogP contribution in [0.1, 0.15) is 6.92 Å². The Morgan fingerprint density at radius 1 is 1.58 bits per heavy atom. The lowest BCUT2D eigenvalue weighted by atomic mass is 9.99. The van der Waals surface area contributed by atoms with E-state index in [1.165, 1.54) is 0 Å². The van der Waals surface area contributed by atoms with Crippen molar-refractivity contribution in [3.05, 3.63) is 24.3 Å². The Kier molecular flexibility index (Phi) is 2.80. The smallest absolute Gasteiger partial charge is 0.404 e. The molecule has 0 aromatic heterocycles. The molecule has 0 N–H and O–H groups in total. The highest BCUT2D eigenvalue weighted by molar-refractivity contribution is 6.61. The number of alkyl halides is 1. The van der Waals surface area contributed by atoms with Gasteiger partial charge in [0.2, 0.25) is 0 Å². The predicted molar refractivity (Wildman–Crippen MR) is 48.7 cm³/mol. The molecule has 66 valence electrons. The third kappa shape index (κ3) is 2.26. The molecule has 2 atom stereocenters. The van der Waals surface area contributed by atoms with Gasteiger partial charge in [0, 0.05) is 11.6 Å². The Hall–Kier alpha value is -0.470. The topological polar surface area (TPSA) is 26.3 Å². The molecular weight excluding hydrogens is 199 g/mol. The van der Waals surface area contributed by atoms with E-state index in [2.05, 4.69) is 0 Å². The first-order chi connectivity index (χ1) is 5.52. The molecule has 1 rings (SSSR count). The van der Waals surface area contributed by atoms with Crippen molar-refractivity contribution < 1.29 is 9.53 Å². The third-order valence-corrected chi connectivity index (χ3v) is 2.03. The first-order valence-electron chi connectivity index (χ1n) is 3.43. The van der Waals surface area contributed by atoms with E-state index < -0.39 is 16.4 Å². The van der Waals surface area contributed by atoms with E-state index in [1.807, 2.05) is 0 Å². The lowest BCUT2D eigenvalue weighted by Crippen LogP contribution is -2.34. The van der Waals surface area contributed by atoms with Gasteiger partial charge in [-0.3, -0.25) is 0 Å². The molecule has 1 aliphatic carbocycles. The van der Waals surface area contributed by atoms with Gasteiger partial charge in [-0.15, -0.1) is 11.6 Å². The fourth-order valence-corrected chi connectivity index (χ4v) is 1.23. The number of rotatable bonds is 1. The second-order valence-electron chi connectivity index (χ2n) is 2.67. The SMILES string of the molecule is CC1(Cl)C=CC=CC1OC(=O)Cl. The first kappa shape index (κ1) is 9.62. The standard InChI is InChI=1S/C8H8Cl2O2/c1-8(10)5-3-2-4-6(8)12-7(9)11/h2-6H,1H3. The molecule has 0 radical (unpaired) electrons. The number of halogens is 2. The van der Waals surface area contributed by atoms with E-state index in [4.69, 9.17) is 27.9 Å². The molecule has 0 amide bonds. The van der Waals surface area contributed by atoms with Gasteiger partial charge >= 0.3 is 5.43 Å². The Balaban J connectivity index is 2.70. The number of ether oxygens (including phenoxy) is 1. The van der Waals surface area contributed by atoms with Crippen LogP contribution in [0.4, 0.5) is 4.79 Å². The van der Waals surface area contributed by atoms with Crippen LogP contribution in [0, 0.1) is 0 Å². The Bertz CT molecular complexity index is 243. The summed E-state index contributed by atoms with van der Waals surface area (Å²) >= 11 is 11.1. The van der Waals surface area contributed by atoms with Crippen LogP contribution >= 0.6 is 23.2 Å². The van der Waals surface area contributed by atoms with Gasteiger partial charge in [0.1, 0.15) is 11.0 Å². The van der Waals surface area contributed by atoms with Gasteiger partial charge in [-0.25, -0.2) is 4.79 Å². The molecule has 4 heteroatoms. The fourth-order valence-electron chi connectivity index (χ4n) is 0.946. The molecule has 0 fully saturated rings. The van der Waals surface area contributed by atoms with Gasteiger partial charge in [0.05, 0.1) is 0 Å². The summed E-state index contributed by atoms with van der Waals surface area (Å²) < 4.78 is 4.76. The molecule has 12 heavy (non-hydrogen) atoms. The minimum absolute atomic E-state index is 0.492. The average molecular weight is 207 g/mol. The van der Waals surface area contributed by atoms with Gasteiger partial charge in [0.25, 0.3) is 0 Å². The molecule has 0 heterocycles. The van der Waals surface area contributed by atoms with Crippen molar-refractivity contribution in [1.29, 1.82) is 0 Å². The molecule has 0 saturated heterocycles. The molecular formula is C8H8Cl2O2. The molecule has 0 aromatic rings. The van der Waals surface area contributed by atoms with Crippen LogP contribution in [-0.4, -0.2) is 16.4 Å². The molecule has 0 aromatic carbocycles. The van der Waals surface area contributed by atoms with E-state index in [1.54, 1.807) is 31.2 Å². The molecule has 2 nitrogen and oxygen atoms in total. The maximum Gasteiger partial charge on any atom is 0.404 e. The summed E-state index contributed by atoms with van der Waals surface area (Å²) in [4.78, 5) is 9.73. The van der Waals surface area contributed by atoms with Crippen LogP contribution in [0.5, 0.6) is 0 Å². The highest BCUT2D eigenvalue weighted by atomic mass is 35.5. The number of hydrogen-bond acceptors (Lipinski definition) is 2. The summed E-state index contributed by atoms with van der Waals surface area (Å²) in [5.41, 5.74) is -0.841. The minimum Gasteiger partial charge on any atom is -0.444 e. The monoisotopic (exact) mass is 206 g/mol. The molecule has 2 unspecified atom stereocenters. The lowest BCUT2D eigenvalue weighted by Gasteiger charge is -2.27.